The first kappa shape index (κ1) is 20.7. The summed E-state index contributed by atoms with van der Waals surface area (Å²) in [5.74, 6) is -0.512. The van der Waals surface area contributed by atoms with Crippen molar-refractivity contribution < 1.29 is 14.3 Å². The number of ether oxygens (including phenoxy) is 1. The lowest BCUT2D eigenvalue weighted by molar-refractivity contribution is -0.113. The number of hydrogen-bond donors (Lipinski definition) is 1. The van der Waals surface area contributed by atoms with Crippen molar-refractivity contribution >= 4 is 29.3 Å². The number of aromatic nitrogens is 2. The monoisotopic (exact) mass is 409 g/mol. The van der Waals surface area contributed by atoms with Gasteiger partial charge in [-0.1, -0.05) is 41.6 Å². The van der Waals surface area contributed by atoms with Crippen LogP contribution < -0.4 is 5.32 Å². The fourth-order valence-electron chi connectivity index (χ4n) is 2.95. The number of benzene rings is 2. The number of hydrogen-bond acceptors (Lipinski definition) is 5. The van der Waals surface area contributed by atoms with Crippen LogP contribution in [0.2, 0.25) is 0 Å². The molecule has 1 N–H and O–H groups in total. The van der Waals surface area contributed by atoms with Gasteiger partial charge in [0.05, 0.1) is 29.3 Å². The van der Waals surface area contributed by atoms with E-state index in [4.69, 9.17) is 4.74 Å². The van der Waals surface area contributed by atoms with Crippen molar-refractivity contribution in [1.29, 1.82) is 0 Å². The molecule has 3 aromatic rings. The second-order valence-corrected chi connectivity index (χ2v) is 7.42. The van der Waals surface area contributed by atoms with Crippen LogP contribution >= 0.6 is 11.8 Å². The predicted octanol–water partition coefficient (Wildman–Crippen LogP) is 4.40. The fraction of sp³-hybridized carbons (Fsp3) is 0.227. The van der Waals surface area contributed by atoms with Crippen LogP contribution in [0.3, 0.4) is 0 Å². The number of nitrogens with zero attached hydrogens (tertiary/aromatic N) is 2. The Bertz CT molecular complexity index is 1030. The average molecular weight is 410 g/mol. The molecule has 0 bridgehead atoms. The molecule has 0 aliphatic carbocycles. The van der Waals surface area contributed by atoms with Gasteiger partial charge >= 0.3 is 5.97 Å². The minimum absolute atomic E-state index is 0.166. The van der Waals surface area contributed by atoms with Crippen LogP contribution in [-0.2, 0) is 9.53 Å². The zero-order valence-electron chi connectivity index (χ0n) is 16.6. The van der Waals surface area contributed by atoms with E-state index in [0.29, 0.717) is 11.3 Å². The first-order chi connectivity index (χ1) is 14.0. The van der Waals surface area contributed by atoms with E-state index < -0.39 is 5.97 Å². The Kier molecular flexibility index (Phi) is 6.72. The molecule has 2 aromatic carbocycles. The first-order valence-electron chi connectivity index (χ1n) is 9.29. The van der Waals surface area contributed by atoms with E-state index in [1.807, 2.05) is 16.8 Å². The van der Waals surface area contributed by atoms with E-state index >= 15 is 0 Å². The summed E-state index contributed by atoms with van der Waals surface area (Å²) in [6.45, 7) is 6.13. The number of carbonyl (C=O) groups excluding carboxylic acids is 2. The molecule has 1 aromatic heterocycles. The molecule has 0 saturated heterocycles. The topological polar surface area (TPSA) is 73.2 Å². The van der Waals surface area contributed by atoms with Crippen LogP contribution in [-0.4, -0.2) is 33.8 Å². The van der Waals surface area contributed by atoms with E-state index in [9.17, 15) is 9.59 Å². The molecule has 7 heteroatoms. The van der Waals surface area contributed by atoms with E-state index in [1.54, 1.807) is 37.4 Å². The van der Waals surface area contributed by atoms with E-state index in [2.05, 4.69) is 36.3 Å². The minimum atomic E-state index is -0.457. The third-order valence-corrected chi connectivity index (χ3v) is 5.21. The van der Waals surface area contributed by atoms with Crippen molar-refractivity contribution in [3.05, 3.63) is 71.5 Å². The molecule has 3 rings (SSSR count). The lowest BCUT2D eigenvalue weighted by Gasteiger charge is -2.12. The molecule has 0 saturated carbocycles. The largest absolute Gasteiger partial charge is 0.462 e. The number of carbonyl (C=O) groups is 2. The van der Waals surface area contributed by atoms with Gasteiger partial charge in [0.1, 0.15) is 0 Å². The van der Waals surface area contributed by atoms with E-state index in [-0.39, 0.29) is 18.3 Å². The van der Waals surface area contributed by atoms with Gasteiger partial charge in [-0.25, -0.2) is 9.78 Å². The van der Waals surface area contributed by atoms with Crippen molar-refractivity contribution in [2.75, 3.05) is 17.7 Å². The Labute approximate surface area is 174 Å². The number of amides is 1. The zero-order chi connectivity index (χ0) is 20.8. The third kappa shape index (κ3) is 5.06. The van der Waals surface area contributed by atoms with Crippen LogP contribution in [0.25, 0.3) is 5.69 Å². The molecule has 0 unspecified atom stereocenters. The Morgan fingerprint density at radius 1 is 1.17 bits per heavy atom. The molecule has 0 aliphatic rings. The molecular formula is C22H23N3O3S. The van der Waals surface area contributed by atoms with Crippen LogP contribution in [0.1, 0.15) is 28.4 Å². The summed E-state index contributed by atoms with van der Waals surface area (Å²) in [7, 11) is 0. The third-order valence-electron chi connectivity index (χ3n) is 4.25. The molecule has 0 fully saturated rings. The number of anilines is 1. The summed E-state index contributed by atoms with van der Waals surface area (Å²) in [5.41, 5.74) is 4.14. The van der Waals surface area contributed by atoms with Crippen molar-refractivity contribution in [3.8, 4) is 5.69 Å². The molecule has 29 heavy (non-hydrogen) atoms. The maximum absolute atomic E-state index is 12.5. The Morgan fingerprint density at radius 2 is 1.97 bits per heavy atom. The van der Waals surface area contributed by atoms with Crippen LogP contribution in [0.5, 0.6) is 0 Å². The highest BCUT2D eigenvalue weighted by Crippen LogP contribution is 2.24. The Hall–Kier alpha value is -3.06. The standard InChI is InChI=1S/C22H23N3O3S/c1-4-28-21(27)17-7-5-6-8-18(17)24-20(26)14-29-22-23-11-12-25(22)19-10-9-15(2)13-16(19)3/h5-13H,4,14H2,1-3H3,(H,24,26). The number of rotatable bonds is 7. The number of thioether (sulfide) groups is 1. The highest BCUT2D eigenvalue weighted by molar-refractivity contribution is 7.99. The van der Waals surface area contributed by atoms with Crippen LogP contribution in [0.4, 0.5) is 5.69 Å². The molecule has 6 nitrogen and oxygen atoms in total. The molecular weight excluding hydrogens is 386 g/mol. The SMILES string of the molecule is CCOC(=O)c1ccccc1NC(=O)CSc1nccn1-c1ccc(C)cc1C. The van der Waals surface area contributed by atoms with Gasteiger partial charge in [0.15, 0.2) is 5.16 Å². The quantitative estimate of drug-likeness (QED) is 0.463. The fourth-order valence-corrected chi connectivity index (χ4v) is 3.72. The minimum Gasteiger partial charge on any atom is -0.462 e. The molecule has 0 radical (unpaired) electrons. The summed E-state index contributed by atoms with van der Waals surface area (Å²) in [6.07, 6.45) is 3.60. The number of nitrogens with one attached hydrogen (secondary N) is 1. The highest BCUT2D eigenvalue weighted by atomic mass is 32.2. The van der Waals surface area contributed by atoms with Crippen molar-refractivity contribution in [2.45, 2.75) is 25.9 Å². The number of imidazole rings is 1. The summed E-state index contributed by atoms with van der Waals surface area (Å²) in [5, 5.41) is 3.52. The van der Waals surface area contributed by atoms with Gasteiger partial charge in [0.25, 0.3) is 0 Å². The number of aryl methyl sites for hydroxylation is 2. The Balaban J connectivity index is 1.69. The van der Waals surface area contributed by atoms with Crippen LogP contribution in [0.15, 0.2) is 60.0 Å². The maximum atomic E-state index is 12.5. The second kappa shape index (κ2) is 9.43. The molecule has 0 aliphatic heterocycles. The molecule has 150 valence electrons. The average Bonchev–Trinajstić information content (AvgIpc) is 3.15. The normalized spacial score (nSPS) is 10.6. The highest BCUT2D eigenvalue weighted by Gasteiger charge is 2.15. The van der Waals surface area contributed by atoms with Crippen LogP contribution in [0, 0.1) is 13.8 Å². The summed E-state index contributed by atoms with van der Waals surface area (Å²) >= 11 is 1.34. The number of para-hydroxylation sites is 1. The molecule has 0 atom stereocenters. The first-order valence-corrected chi connectivity index (χ1v) is 10.3. The predicted molar refractivity (Wildman–Crippen MR) is 115 cm³/mol. The lowest BCUT2D eigenvalue weighted by atomic mass is 10.1. The van der Waals surface area contributed by atoms with E-state index in [0.717, 1.165) is 16.4 Å². The Morgan fingerprint density at radius 3 is 2.72 bits per heavy atom. The maximum Gasteiger partial charge on any atom is 0.340 e. The summed E-state index contributed by atoms with van der Waals surface area (Å²) < 4.78 is 7.02. The van der Waals surface area contributed by atoms with Gasteiger partial charge in [-0.2, -0.15) is 0 Å². The number of esters is 1. The van der Waals surface area contributed by atoms with Crippen molar-refractivity contribution in [2.24, 2.45) is 0 Å². The van der Waals surface area contributed by atoms with Crippen molar-refractivity contribution in [3.63, 3.8) is 0 Å². The van der Waals surface area contributed by atoms with Gasteiger partial charge in [-0.3, -0.25) is 9.36 Å². The molecule has 0 spiro atoms. The summed E-state index contributed by atoms with van der Waals surface area (Å²) in [6, 6.07) is 13.0. The van der Waals surface area contributed by atoms with Gasteiger partial charge < -0.3 is 10.1 Å². The van der Waals surface area contributed by atoms with E-state index in [1.165, 1.54) is 17.3 Å². The van der Waals surface area contributed by atoms with Gasteiger partial charge in [0.2, 0.25) is 5.91 Å². The summed E-state index contributed by atoms with van der Waals surface area (Å²) in [4.78, 5) is 28.9. The van der Waals surface area contributed by atoms with Gasteiger partial charge in [-0.15, -0.1) is 0 Å². The second-order valence-electron chi connectivity index (χ2n) is 6.47. The lowest BCUT2D eigenvalue weighted by Crippen LogP contribution is -2.17. The van der Waals surface area contributed by atoms with Crippen molar-refractivity contribution in [1.82, 2.24) is 9.55 Å². The smallest absolute Gasteiger partial charge is 0.340 e. The molecule has 1 amide bonds. The molecule has 1 heterocycles. The van der Waals surface area contributed by atoms with Gasteiger partial charge in [-0.05, 0) is 44.5 Å². The van der Waals surface area contributed by atoms with Gasteiger partial charge in [0, 0.05) is 12.4 Å². The zero-order valence-corrected chi connectivity index (χ0v) is 17.5.